The Kier molecular flexibility index (Phi) is 7.44. The van der Waals surface area contributed by atoms with E-state index in [1.807, 2.05) is 24.3 Å². The first-order valence-corrected chi connectivity index (χ1v) is 11.1. The highest BCUT2D eigenvalue weighted by molar-refractivity contribution is 7.99. The molecule has 10 heteroatoms. The third kappa shape index (κ3) is 5.42. The average molecular weight is 464 g/mol. The van der Waals surface area contributed by atoms with Crippen molar-refractivity contribution < 1.29 is 18.0 Å². The first kappa shape index (κ1) is 23.6. The Balaban J connectivity index is 1.66. The van der Waals surface area contributed by atoms with Crippen LogP contribution in [0.3, 0.4) is 0 Å². The maximum atomic E-state index is 13.1. The van der Waals surface area contributed by atoms with Gasteiger partial charge in [-0.2, -0.15) is 13.2 Å². The molecule has 0 fully saturated rings. The van der Waals surface area contributed by atoms with Gasteiger partial charge in [-0.3, -0.25) is 4.79 Å². The second kappa shape index (κ2) is 10.1. The van der Waals surface area contributed by atoms with Crippen molar-refractivity contribution in [1.82, 2.24) is 14.8 Å². The molecule has 0 aliphatic carbocycles. The van der Waals surface area contributed by atoms with Gasteiger partial charge in [0.25, 0.3) is 0 Å². The SMILES string of the molecule is CCN(CC)c1ccc(-c2nnc(SCC(=O)Nc3ccccc3C(F)(F)F)n2C)cc1. The van der Waals surface area contributed by atoms with Crippen molar-refractivity contribution in [3.05, 3.63) is 54.1 Å². The summed E-state index contributed by atoms with van der Waals surface area (Å²) in [6.45, 7) is 6.02. The summed E-state index contributed by atoms with van der Waals surface area (Å²) in [6, 6.07) is 12.9. The van der Waals surface area contributed by atoms with Crippen molar-refractivity contribution in [2.45, 2.75) is 25.2 Å². The number of carbonyl (C=O) groups excluding carboxylic acids is 1. The van der Waals surface area contributed by atoms with Gasteiger partial charge in [0.05, 0.1) is 17.0 Å². The quantitative estimate of drug-likeness (QED) is 0.472. The van der Waals surface area contributed by atoms with Crippen LogP contribution in [-0.2, 0) is 18.0 Å². The van der Waals surface area contributed by atoms with Crippen LogP contribution in [0.1, 0.15) is 19.4 Å². The van der Waals surface area contributed by atoms with E-state index in [1.165, 1.54) is 18.2 Å². The number of hydrogen-bond donors (Lipinski definition) is 1. The topological polar surface area (TPSA) is 63.1 Å². The summed E-state index contributed by atoms with van der Waals surface area (Å²) in [5.74, 6) is -0.0137. The Bertz CT molecular complexity index is 1060. The Labute approximate surface area is 188 Å². The van der Waals surface area contributed by atoms with Crippen molar-refractivity contribution in [1.29, 1.82) is 0 Å². The van der Waals surface area contributed by atoms with Gasteiger partial charge in [-0.05, 0) is 50.2 Å². The lowest BCUT2D eigenvalue weighted by Gasteiger charge is -2.21. The van der Waals surface area contributed by atoms with Crippen molar-refractivity contribution >= 4 is 29.0 Å². The van der Waals surface area contributed by atoms with Crippen LogP contribution in [0.5, 0.6) is 0 Å². The number of nitrogens with one attached hydrogen (secondary N) is 1. The molecule has 32 heavy (non-hydrogen) atoms. The number of benzene rings is 2. The Morgan fingerprint density at radius 1 is 1.06 bits per heavy atom. The minimum Gasteiger partial charge on any atom is -0.372 e. The molecule has 0 aliphatic rings. The molecule has 3 rings (SSSR count). The van der Waals surface area contributed by atoms with Gasteiger partial charge in [-0.25, -0.2) is 0 Å². The Morgan fingerprint density at radius 3 is 2.34 bits per heavy atom. The molecule has 1 aromatic heterocycles. The van der Waals surface area contributed by atoms with Crippen LogP contribution in [0.25, 0.3) is 11.4 Å². The van der Waals surface area contributed by atoms with Crippen LogP contribution < -0.4 is 10.2 Å². The molecule has 3 aromatic rings. The van der Waals surface area contributed by atoms with E-state index in [1.54, 1.807) is 11.6 Å². The lowest BCUT2D eigenvalue weighted by atomic mass is 10.1. The predicted molar refractivity (Wildman–Crippen MR) is 121 cm³/mol. The minimum absolute atomic E-state index is 0.0982. The molecule has 1 N–H and O–H groups in total. The lowest BCUT2D eigenvalue weighted by molar-refractivity contribution is -0.137. The molecule has 2 aromatic carbocycles. The zero-order valence-electron chi connectivity index (χ0n) is 18.0. The van der Waals surface area contributed by atoms with E-state index >= 15 is 0 Å². The molecule has 0 aliphatic heterocycles. The zero-order valence-corrected chi connectivity index (χ0v) is 18.8. The molecule has 0 unspecified atom stereocenters. The van der Waals surface area contributed by atoms with Crippen LogP contribution in [0.2, 0.25) is 0 Å². The first-order chi connectivity index (χ1) is 15.2. The largest absolute Gasteiger partial charge is 0.418 e. The molecule has 1 amide bonds. The van der Waals surface area contributed by atoms with Gasteiger partial charge in [0.1, 0.15) is 0 Å². The Hall–Kier alpha value is -3.01. The molecule has 170 valence electrons. The van der Waals surface area contributed by atoms with Gasteiger partial charge in [-0.15, -0.1) is 10.2 Å². The fourth-order valence-corrected chi connectivity index (χ4v) is 3.97. The molecule has 6 nitrogen and oxygen atoms in total. The minimum atomic E-state index is -4.55. The van der Waals surface area contributed by atoms with Gasteiger partial charge in [0, 0.05) is 31.4 Å². The standard InChI is InChI=1S/C22H24F3N5OS/c1-4-30(5-2)16-12-10-15(11-13-16)20-27-28-21(29(20)3)32-14-19(31)26-18-9-7-6-8-17(18)22(23,24)25/h6-13H,4-5,14H2,1-3H3,(H,26,31). The molecule has 0 radical (unpaired) electrons. The molecular weight excluding hydrogens is 439 g/mol. The third-order valence-corrected chi connectivity index (χ3v) is 5.95. The van der Waals surface area contributed by atoms with Gasteiger partial charge in [-0.1, -0.05) is 23.9 Å². The number of amides is 1. The highest BCUT2D eigenvalue weighted by Crippen LogP contribution is 2.34. The maximum absolute atomic E-state index is 13.1. The summed E-state index contributed by atoms with van der Waals surface area (Å²) in [7, 11) is 1.78. The molecule has 0 bridgehead atoms. The summed E-state index contributed by atoms with van der Waals surface area (Å²) in [5, 5.41) is 11.2. The number of rotatable bonds is 8. The van der Waals surface area contributed by atoms with Crippen LogP contribution >= 0.6 is 11.8 Å². The number of carbonyl (C=O) groups is 1. The molecular formula is C22H24F3N5OS. The van der Waals surface area contributed by atoms with Gasteiger partial charge >= 0.3 is 6.18 Å². The fraction of sp³-hybridized carbons (Fsp3) is 0.318. The van der Waals surface area contributed by atoms with E-state index in [0.29, 0.717) is 11.0 Å². The van der Waals surface area contributed by atoms with Gasteiger partial charge < -0.3 is 14.8 Å². The van der Waals surface area contributed by atoms with E-state index in [9.17, 15) is 18.0 Å². The van der Waals surface area contributed by atoms with E-state index in [2.05, 4.69) is 34.3 Å². The summed E-state index contributed by atoms with van der Waals surface area (Å²) < 4.78 is 41.0. The van der Waals surface area contributed by atoms with Crippen LogP contribution in [-0.4, -0.2) is 39.5 Å². The van der Waals surface area contributed by atoms with Crippen molar-refractivity contribution in [3.63, 3.8) is 0 Å². The summed E-state index contributed by atoms with van der Waals surface area (Å²) in [6.07, 6.45) is -4.55. The highest BCUT2D eigenvalue weighted by atomic mass is 32.2. The van der Waals surface area contributed by atoms with Crippen molar-refractivity contribution in [2.75, 3.05) is 29.1 Å². The summed E-state index contributed by atoms with van der Waals surface area (Å²) >= 11 is 1.11. The predicted octanol–water partition coefficient (Wildman–Crippen LogP) is 5.08. The molecule has 0 atom stereocenters. The summed E-state index contributed by atoms with van der Waals surface area (Å²) in [5.41, 5.74) is 0.850. The van der Waals surface area contributed by atoms with Crippen molar-refractivity contribution in [2.24, 2.45) is 7.05 Å². The molecule has 0 saturated carbocycles. The monoisotopic (exact) mass is 463 g/mol. The Morgan fingerprint density at radius 2 is 1.72 bits per heavy atom. The smallest absolute Gasteiger partial charge is 0.372 e. The number of nitrogens with zero attached hydrogens (tertiary/aromatic N) is 4. The fourth-order valence-electron chi connectivity index (χ4n) is 3.26. The molecule has 1 heterocycles. The normalized spacial score (nSPS) is 11.4. The van der Waals surface area contributed by atoms with Crippen LogP contribution in [0.4, 0.5) is 24.5 Å². The molecule has 0 spiro atoms. The van der Waals surface area contributed by atoms with E-state index < -0.39 is 17.6 Å². The summed E-state index contributed by atoms with van der Waals surface area (Å²) in [4.78, 5) is 14.5. The highest BCUT2D eigenvalue weighted by Gasteiger charge is 2.33. The number of halogens is 3. The number of para-hydroxylation sites is 1. The van der Waals surface area contributed by atoms with Crippen LogP contribution in [0.15, 0.2) is 53.7 Å². The first-order valence-electron chi connectivity index (χ1n) is 10.1. The number of alkyl halides is 3. The van der Waals surface area contributed by atoms with E-state index in [4.69, 9.17) is 0 Å². The third-order valence-electron chi connectivity index (χ3n) is 4.93. The average Bonchev–Trinajstić information content (AvgIpc) is 3.13. The number of hydrogen-bond acceptors (Lipinski definition) is 5. The lowest BCUT2D eigenvalue weighted by Crippen LogP contribution is -2.21. The van der Waals surface area contributed by atoms with E-state index in [-0.39, 0.29) is 11.4 Å². The number of aromatic nitrogens is 3. The zero-order chi connectivity index (χ0) is 23.3. The van der Waals surface area contributed by atoms with E-state index in [0.717, 1.165) is 42.2 Å². The second-order valence-corrected chi connectivity index (χ2v) is 7.91. The van der Waals surface area contributed by atoms with Gasteiger partial charge in [0.15, 0.2) is 11.0 Å². The molecule has 0 saturated heterocycles. The number of thioether (sulfide) groups is 1. The second-order valence-electron chi connectivity index (χ2n) is 6.96. The van der Waals surface area contributed by atoms with Gasteiger partial charge in [0.2, 0.25) is 5.91 Å². The maximum Gasteiger partial charge on any atom is 0.418 e. The number of anilines is 2. The van der Waals surface area contributed by atoms with Crippen LogP contribution in [0, 0.1) is 0 Å². The van der Waals surface area contributed by atoms with Crippen molar-refractivity contribution in [3.8, 4) is 11.4 Å².